The van der Waals surface area contributed by atoms with E-state index in [1.54, 1.807) is 29.1 Å². The van der Waals surface area contributed by atoms with Crippen LogP contribution in [0.4, 0.5) is 0 Å². The number of ketones is 1. The third-order valence-corrected chi connectivity index (χ3v) is 2.82. The van der Waals surface area contributed by atoms with Crippen molar-refractivity contribution in [2.45, 2.75) is 26.8 Å². The van der Waals surface area contributed by atoms with Crippen LogP contribution in [-0.2, 0) is 6.54 Å². The molecule has 1 heterocycles. The Labute approximate surface area is 113 Å². The number of hydrogen-bond donors (Lipinski definition) is 0. The molecule has 0 fully saturated rings. The van der Waals surface area contributed by atoms with Gasteiger partial charge in [0.05, 0.1) is 6.61 Å². The molecule has 0 aliphatic rings. The van der Waals surface area contributed by atoms with Crippen molar-refractivity contribution < 1.29 is 9.53 Å². The van der Waals surface area contributed by atoms with Crippen LogP contribution in [0.3, 0.4) is 0 Å². The molecule has 4 nitrogen and oxygen atoms in total. The Morgan fingerprint density at radius 2 is 2.16 bits per heavy atom. The number of ether oxygens (including phenoxy) is 1. The first kappa shape index (κ1) is 13.3. The average Bonchev–Trinajstić information content (AvgIpc) is 2.93. The second-order valence-electron chi connectivity index (χ2n) is 4.24. The van der Waals surface area contributed by atoms with E-state index in [0.717, 1.165) is 12.2 Å². The standard InChI is InChI=1S/C15H18N2O2/c1-3-10-19-13-7-5-6-12(11-13)15(18)14-8-9-16-17(14)4-2/h5-9,11H,3-4,10H2,1-2H3. The summed E-state index contributed by atoms with van der Waals surface area (Å²) in [4.78, 5) is 12.4. The Morgan fingerprint density at radius 3 is 2.89 bits per heavy atom. The van der Waals surface area contributed by atoms with Gasteiger partial charge in [-0.05, 0) is 31.5 Å². The fourth-order valence-corrected chi connectivity index (χ4v) is 1.87. The molecule has 0 amide bonds. The molecule has 1 aromatic heterocycles. The number of carbonyl (C=O) groups is 1. The van der Waals surface area contributed by atoms with Crippen molar-refractivity contribution >= 4 is 5.78 Å². The summed E-state index contributed by atoms with van der Waals surface area (Å²) in [7, 11) is 0. The second-order valence-corrected chi connectivity index (χ2v) is 4.24. The molecule has 100 valence electrons. The van der Waals surface area contributed by atoms with Crippen LogP contribution in [0.1, 0.15) is 36.3 Å². The van der Waals surface area contributed by atoms with Gasteiger partial charge in [0.25, 0.3) is 0 Å². The molecular formula is C15H18N2O2. The van der Waals surface area contributed by atoms with Crippen molar-refractivity contribution in [3.05, 3.63) is 47.8 Å². The Hall–Kier alpha value is -2.10. The van der Waals surface area contributed by atoms with Crippen LogP contribution < -0.4 is 4.74 Å². The lowest BCUT2D eigenvalue weighted by Crippen LogP contribution is -2.10. The first-order valence-electron chi connectivity index (χ1n) is 6.55. The predicted molar refractivity (Wildman–Crippen MR) is 73.6 cm³/mol. The van der Waals surface area contributed by atoms with Gasteiger partial charge >= 0.3 is 0 Å². The van der Waals surface area contributed by atoms with Crippen molar-refractivity contribution in [3.63, 3.8) is 0 Å². The van der Waals surface area contributed by atoms with Crippen molar-refractivity contribution in [2.75, 3.05) is 6.61 Å². The van der Waals surface area contributed by atoms with Gasteiger partial charge in [0.15, 0.2) is 0 Å². The quantitative estimate of drug-likeness (QED) is 0.748. The van der Waals surface area contributed by atoms with Crippen molar-refractivity contribution in [2.24, 2.45) is 0 Å². The van der Waals surface area contributed by atoms with E-state index in [4.69, 9.17) is 4.74 Å². The normalized spacial score (nSPS) is 10.4. The minimum atomic E-state index is -0.0266. The zero-order chi connectivity index (χ0) is 13.7. The number of benzene rings is 1. The van der Waals surface area contributed by atoms with Crippen molar-refractivity contribution in [1.29, 1.82) is 0 Å². The van der Waals surface area contributed by atoms with Crippen LogP contribution in [0.2, 0.25) is 0 Å². The van der Waals surface area contributed by atoms with Gasteiger partial charge in [0.2, 0.25) is 5.78 Å². The highest BCUT2D eigenvalue weighted by molar-refractivity contribution is 6.08. The molecule has 0 N–H and O–H groups in total. The van der Waals surface area contributed by atoms with Gasteiger partial charge in [0, 0.05) is 18.3 Å². The maximum Gasteiger partial charge on any atom is 0.211 e. The number of nitrogens with zero attached hydrogens (tertiary/aromatic N) is 2. The number of aryl methyl sites for hydroxylation is 1. The molecule has 0 atom stereocenters. The summed E-state index contributed by atoms with van der Waals surface area (Å²) >= 11 is 0. The third-order valence-electron chi connectivity index (χ3n) is 2.82. The van der Waals surface area contributed by atoms with Gasteiger partial charge in [-0.15, -0.1) is 0 Å². The summed E-state index contributed by atoms with van der Waals surface area (Å²) in [5.41, 5.74) is 1.24. The molecule has 0 saturated carbocycles. The number of rotatable bonds is 6. The maximum atomic E-state index is 12.4. The minimum absolute atomic E-state index is 0.0266. The lowest BCUT2D eigenvalue weighted by molar-refractivity contribution is 0.102. The van der Waals surface area contributed by atoms with E-state index in [1.165, 1.54) is 0 Å². The van der Waals surface area contributed by atoms with Gasteiger partial charge in [-0.3, -0.25) is 9.48 Å². The van der Waals surface area contributed by atoms with Crippen molar-refractivity contribution in [1.82, 2.24) is 9.78 Å². The molecule has 0 saturated heterocycles. The molecular weight excluding hydrogens is 240 g/mol. The van der Waals surface area contributed by atoms with Crippen LogP contribution in [-0.4, -0.2) is 22.2 Å². The maximum absolute atomic E-state index is 12.4. The van der Waals surface area contributed by atoms with Crippen LogP contribution >= 0.6 is 0 Å². The van der Waals surface area contributed by atoms with Crippen LogP contribution in [0.15, 0.2) is 36.5 Å². The highest BCUT2D eigenvalue weighted by atomic mass is 16.5. The van der Waals surface area contributed by atoms with Crippen LogP contribution in [0.25, 0.3) is 0 Å². The summed E-state index contributed by atoms with van der Waals surface area (Å²) in [6.07, 6.45) is 2.59. The summed E-state index contributed by atoms with van der Waals surface area (Å²) in [6, 6.07) is 9.03. The van der Waals surface area contributed by atoms with Crippen molar-refractivity contribution in [3.8, 4) is 5.75 Å². The van der Waals surface area contributed by atoms with Crippen LogP contribution in [0, 0.1) is 0 Å². The van der Waals surface area contributed by atoms with E-state index in [9.17, 15) is 4.79 Å². The first-order chi connectivity index (χ1) is 9.26. The fraction of sp³-hybridized carbons (Fsp3) is 0.333. The highest BCUT2D eigenvalue weighted by Crippen LogP contribution is 2.17. The molecule has 0 aliphatic carbocycles. The molecule has 1 aromatic carbocycles. The largest absolute Gasteiger partial charge is 0.494 e. The highest BCUT2D eigenvalue weighted by Gasteiger charge is 2.14. The Kier molecular flexibility index (Phi) is 4.34. The van der Waals surface area contributed by atoms with Gasteiger partial charge in [-0.2, -0.15) is 5.10 Å². The summed E-state index contributed by atoms with van der Waals surface area (Å²) in [6.45, 7) is 5.35. The van der Waals surface area contributed by atoms with E-state index < -0.39 is 0 Å². The van der Waals surface area contributed by atoms with Gasteiger partial charge in [-0.1, -0.05) is 19.1 Å². The number of aromatic nitrogens is 2. The average molecular weight is 258 g/mol. The van der Waals surface area contributed by atoms with E-state index in [2.05, 4.69) is 12.0 Å². The topological polar surface area (TPSA) is 44.1 Å². The molecule has 2 aromatic rings. The Morgan fingerprint density at radius 1 is 1.32 bits per heavy atom. The molecule has 0 spiro atoms. The van der Waals surface area contributed by atoms with Gasteiger partial charge < -0.3 is 4.74 Å². The lowest BCUT2D eigenvalue weighted by atomic mass is 10.1. The Balaban J connectivity index is 2.24. The number of hydrogen-bond acceptors (Lipinski definition) is 3. The summed E-state index contributed by atoms with van der Waals surface area (Å²) in [5, 5.41) is 4.12. The molecule has 0 aliphatic heterocycles. The SMILES string of the molecule is CCCOc1cccc(C(=O)c2ccnn2CC)c1. The molecule has 0 radical (unpaired) electrons. The van der Waals surface area contributed by atoms with Gasteiger partial charge in [0.1, 0.15) is 11.4 Å². The zero-order valence-corrected chi connectivity index (χ0v) is 11.3. The molecule has 19 heavy (non-hydrogen) atoms. The monoisotopic (exact) mass is 258 g/mol. The third kappa shape index (κ3) is 3.02. The molecule has 2 rings (SSSR count). The Bertz CT molecular complexity index is 561. The zero-order valence-electron chi connectivity index (χ0n) is 11.3. The minimum Gasteiger partial charge on any atom is -0.494 e. The predicted octanol–water partition coefficient (Wildman–Crippen LogP) is 2.92. The number of carbonyl (C=O) groups excluding carboxylic acids is 1. The van der Waals surface area contributed by atoms with E-state index in [1.807, 2.05) is 19.1 Å². The summed E-state index contributed by atoms with van der Waals surface area (Å²) in [5.74, 6) is 0.705. The van der Waals surface area contributed by atoms with E-state index in [0.29, 0.717) is 24.4 Å². The molecule has 4 heteroatoms. The van der Waals surface area contributed by atoms with E-state index >= 15 is 0 Å². The summed E-state index contributed by atoms with van der Waals surface area (Å²) < 4.78 is 7.24. The first-order valence-corrected chi connectivity index (χ1v) is 6.55. The smallest absolute Gasteiger partial charge is 0.211 e. The lowest BCUT2D eigenvalue weighted by Gasteiger charge is -2.07. The fourth-order valence-electron chi connectivity index (χ4n) is 1.87. The molecule has 0 bridgehead atoms. The van der Waals surface area contributed by atoms with Gasteiger partial charge in [-0.25, -0.2) is 0 Å². The van der Waals surface area contributed by atoms with Crippen LogP contribution in [0.5, 0.6) is 5.75 Å². The van der Waals surface area contributed by atoms with E-state index in [-0.39, 0.29) is 5.78 Å². The molecule has 0 unspecified atom stereocenters. The second kappa shape index (κ2) is 6.18.